The Morgan fingerprint density at radius 1 is 1.33 bits per heavy atom. The summed E-state index contributed by atoms with van der Waals surface area (Å²) in [5.74, 6) is 0. The average Bonchev–Trinajstić information content (AvgIpc) is 2.63. The first-order chi connectivity index (χ1) is 7.33. The zero-order chi connectivity index (χ0) is 10.9. The molecule has 90 valence electrons. The highest BCUT2D eigenvalue weighted by Crippen LogP contribution is 2.05. The second-order valence-electron chi connectivity index (χ2n) is 4.52. The van der Waals surface area contributed by atoms with Crippen LogP contribution in [0.4, 0.5) is 0 Å². The van der Waals surface area contributed by atoms with Gasteiger partial charge in [-0.2, -0.15) is 0 Å². The standard InChI is InChI=1S/C12H26N2O/c1-3-4-9-15-10-5-7-13-12-6-8-14(2)11-12/h12-13H,3-11H2,1-2H3. The van der Waals surface area contributed by atoms with Crippen LogP contribution in [0.1, 0.15) is 32.6 Å². The molecule has 0 spiro atoms. The molecule has 0 radical (unpaired) electrons. The summed E-state index contributed by atoms with van der Waals surface area (Å²) >= 11 is 0. The molecule has 1 heterocycles. The van der Waals surface area contributed by atoms with E-state index in [2.05, 4.69) is 24.2 Å². The van der Waals surface area contributed by atoms with E-state index in [0.717, 1.165) is 26.2 Å². The third-order valence-electron chi connectivity index (χ3n) is 2.93. The molecule has 0 aromatic carbocycles. The van der Waals surface area contributed by atoms with E-state index in [1.807, 2.05) is 0 Å². The van der Waals surface area contributed by atoms with Gasteiger partial charge in [-0.3, -0.25) is 0 Å². The van der Waals surface area contributed by atoms with Crippen molar-refractivity contribution < 1.29 is 4.74 Å². The van der Waals surface area contributed by atoms with Crippen LogP contribution in [-0.4, -0.2) is 50.8 Å². The lowest BCUT2D eigenvalue weighted by Crippen LogP contribution is -2.32. The number of rotatable bonds is 8. The number of hydrogen-bond acceptors (Lipinski definition) is 3. The number of likely N-dealkylation sites (tertiary alicyclic amines) is 1. The number of unbranched alkanes of at least 4 members (excludes halogenated alkanes) is 1. The molecule has 0 amide bonds. The minimum atomic E-state index is 0.714. The molecule has 0 saturated carbocycles. The first-order valence-electron chi connectivity index (χ1n) is 6.32. The van der Waals surface area contributed by atoms with Crippen molar-refractivity contribution >= 4 is 0 Å². The second kappa shape index (κ2) is 8.08. The van der Waals surface area contributed by atoms with Gasteiger partial charge in [-0.05, 0) is 39.4 Å². The average molecular weight is 214 g/mol. The van der Waals surface area contributed by atoms with Crippen LogP contribution < -0.4 is 5.32 Å². The van der Waals surface area contributed by atoms with E-state index >= 15 is 0 Å². The van der Waals surface area contributed by atoms with Gasteiger partial charge < -0.3 is 15.0 Å². The highest BCUT2D eigenvalue weighted by Gasteiger charge is 2.17. The van der Waals surface area contributed by atoms with Crippen LogP contribution in [-0.2, 0) is 4.74 Å². The van der Waals surface area contributed by atoms with E-state index in [1.54, 1.807) is 0 Å². The molecular formula is C12H26N2O. The molecular weight excluding hydrogens is 188 g/mol. The molecule has 1 fully saturated rings. The maximum Gasteiger partial charge on any atom is 0.0478 e. The van der Waals surface area contributed by atoms with Gasteiger partial charge in [0, 0.05) is 25.8 Å². The van der Waals surface area contributed by atoms with E-state index in [0.29, 0.717) is 6.04 Å². The molecule has 1 aliphatic heterocycles. The highest BCUT2D eigenvalue weighted by molar-refractivity contribution is 4.78. The third-order valence-corrected chi connectivity index (χ3v) is 2.93. The monoisotopic (exact) mass is 214 g/mol. The van der Waals surface area contributed by atoms with E-state index in [9.17, 15) is 0 Å². The molecule has 1 unspecified atom stereocenters. The van der Waals surface area contributed by atoms with Crippen LogP contribution in [0.3, 0.4) is 0 Å². The predicted molar refractivity (Wildman–Crippen MR) is 64.2 cm³/mol. The molecule has 1 rings (SSSR count). The van der Waals surface area contributed by atoms with Gasteiger partial charge in [-0.15, -0.1) is 0 Å². The summed E-state index contributed by atoms with van der Waals surface area (Å²) in [6.07, 6.45) is 4.87. The van der Waals surface area contributed by atoms with E-state index in [1.165, 1.54) is 32.4 Å². The molecule has 1 atom stereocenters. The van der Waals surface area contributed by atoms with E-state index in [-0.39, 0.29) is 0 Å². The molecule has 15 heavy (non-hydrogen) atoms. The predicted octanol–water partition coefficient (Wildman–Crippen LogP) is 1.49. The molecule has 0 aromatic heterocycles. The molecule has 1 aliphatic rings. The first kappa shape index (κ1) is 12.9. The van der Waals surface area contributed by atoms with Gasteiger partial charge in [-0.1, -0.05) is 13.3 Å². The van der Waals surface area contributed by atoms with Crippen molar-refractivity contribution in [2.45, 2.75) is 38.6 Å². The third kappa shape index (κ3) is 6.13. The number of ether oxygens (including phenoxy) is 1. The Morgan fingerprint density at radius 3 is 2.80 bits per heavy atom. The summed E-state index contributed by atoms with van der Waals surface area (Å²) in [6.45, 7) is 7.59. The number of nitrogens with one attached hydrogen (secondary N) is 1. The van der Waals surface area contributed by atoms with E-state index in [4.69, 9.17) is 4.74 Å². The topological polar surface area (TPSA) is 24.5 Å². The number of nitrogens with zero attached hydrogens (tertiary/aromatic N) is 1. The van der Waals surface area contributed by atoms with Crippen LogP contribution in [0.5, 0.6) is 0 Å². The Balaban J connectivity index is 1.81. The largest absolute Gasteiger partial charge is 0.381 e. The minimum Gasteiger partial charge on any atom is -0.381 e. The summed E-state index contributed by atoms with van der Waals surface area (Å²) in [5, 5.41) is 3.58. The van der Waals surface area contributed by atoms with Crippen molar-refractivity contribution in [1.82, 2.24) is 10.2 Å². The van der Waals surface area contributed by atoms with Crippen molar-refractivity contribution in [3.63, 3.8) is 0 Å². The summed E-state index contributed by atoms with van der Waals surface area (Å²) in [4.78, 5) is 2.38. The molecule has 3 heteroatoms. The first-order valence-corrected chi connectivity index (χ1v) is 6.32. The Morgan fingerprint density at radius 2 is 2.13 bits per heavy atom. The van der Waals surface area contributed by atoms with Crippen molar-refractivity contribution in [2.24, 2.45) is 0 Å². The number of likely N-dealkylation sites (N-methyl/N-ethyl adjacent to an activating group) is 1. The van der Waals surface area contributed by atoms with Crippen LogP contribution in [0, 0.1) is 0 Å². The van der Waals surface area contributed by atoms with Gasteiger partial charge in [0.15, 0.2) is 0 Å². The zero-order valence-corrected chi connectivity index (χ0v) is 10.3. The van der Waals surface area contributed by atoms with Crippen molar-refractivity contribution in [3.8, 4) is 0 Å². The van der Waals surface area contributed by atoms with Crippen LogP contribution in [0.15, 0.2) is 0 Å². The van der Waals surface area contributed by atoms with Crippen LogP contribution >= 0.6 is 0 Å². The van der Waals surface area contributed by atoms with Gasteiger partial charge in [0.1, 0.15) is 0 Å². The fourth-order valence-corrected chi connectivity index (χ4v) is 1.93. The molecule has 0 aromatic rings. The summed E-state index contributed by atoms with van der Waals surface area (Å²) < 4.78 is 5.51. The van der Waals surface area contributed by atoms with Crippen molar-refractivity contribution in [3.05, 3.63) is 0 Å². The molecule has 3 nitrogen and oxygen atoms in total. The lowest BCUT2D eigenvalue weighted by Gasteiger charge is -2.12. The zero-order valence-electron chi connectivity index (χ0n) is 10.3. The van der Waals surface area contributed by atoms with E-state index < -0.39 is 0 Å². The van der Waals surface area contributed by atoms with Gasteiger partial charge >= 0.3 is 0 Å². The van der Waals surface area contributed by atoms with Crippen molar-refractivity contribution in [2.75, 3.05) is 39.9 Å². The van der Waals surface area contributed by atoms with Crippen LogP contribution in [0.25, 0.3) is 0 Å². The minimum absolute atomic E-state index is 0.714. The SMILES string of the molecule is CCCCOCCCNC1CCN(C)C1. The lowest BCUT2D eigenvalue weighted by atomic mass is 10.2. The Hall–Kier alpha value is -0.120. The van der Waals surface area contributed by atoms with Gasteiger partial charge in [-0.25, -0.2) is 0 Å². The molecule has 0 bridgehead atoms. The highest BCUT2D eigenvalue weighted by atomic mass is 16.5. The molecule has 1 saturated heterocycles. The maximum atomic E-state index is 5.51. The molecule has 1 N–H and O–H groups in total. The fourth-order valence-electron chi connectivity index (χ4n) is 1.93. The van der Waals surface area contributed by atoms with Gasteiger partial charge in [0.2, 0.25) is 0 Å². The summed E-state index contributed by atoms with van der Waals surface area (Å²) in [7, 11) is 2.19. The Bertz CT molecular complexity index is 153. The normalized spacial score (nSPS) is 22.4. The summed E-state index contributed by atoms with van der Waals surface area (Å²) in [6, 6.07) is 0.714. The Labute approximate surface area is 94.2 Å². The van der Waals surface area contributed by atoms with Crippen molar-refractivity contribution in [1.29, 1.82) is 0 Å². The second-order valence-corrected chi connectivity index (χ2v) is 4.52. The number of hydrogen-bond donors (Lipinski definition) is 1. The molecule has 0 aliphatic carbocycles. The van der Waals surface area contributed by atoms with Crippen LogP contribution in [0.2, 0.25) is 0 Å². The smallest absolute Gasteiger partial charge is 0.0478 e. The lowest BCUT2D eigenvalue weighted by molar-refractivity contribution is 0.128. The quantitative estimate of drug-likeness (QED) is 0.620. The fraction of sp³-hybridized carbons (Fsp3) is 1.00. The summed E-state index contributed by atoms with van der Waals surface area (Å²) in [5.41, 5.74) is 0. The van der Waals surface area contributed by atoms with Gasteiger partial charge in [0.25, 0.3) is 0 Å². The maximum absolute atomic E-state index is 5.51. The van der Waals surface area contributed by atoms with Gasteiger partial charge in [0.05, 0.1) is 0 Å². The Kier molecular flexibility index (Phi) is 6.98.